The first kappa shape index (κ1) is 19.8. The summed E-state index contributed by atoms with van der Waals surface area (Å²) in [4.78, 5) is 29.2. The molecule has 1 unspecified atom stereocenters. The van der Waals surface area contributed by atoms with Crippen LogP contribution in [0.2, 0.25) is 0 Å². The third kappa shape index (κ3) is 3.69. The minimum absolute atomic E-state index is 0.0515. The van der Waals surface area contributed by atoms with Gasteiger partial charge in [-0.05, 0) is 42.5 Å². The first-order chi connectivity index (χ1) is 14.5. The number of Topliss-reactive ketones (excluding diaryl/α,β-unsaturated/α-hetero) is 1. The van der Waals surface area contributed by atoms with Crippen LogP contribution in [0, 0.1) is 17.2 Å². The molecule has 0 radical (unpaired) electrons. The maximum Gasteiger partial charge on any atom is 0.308 e. The zero-order valence-electron chi connectivity index (χ0n) is 17.0. The monoisotopic (exact) mass is 398 g/mol. The highest BCUT2D eigenvalue weighted by atomic mass is 16.5. The summed E-state index contributed by atoms with van der Waals surface area (Å²) in [5, 5.41) is 9.84. The second kappa shape index (κ2) is 8.08. The van der Waals surface area contributed by atoms with Crippen LogP contribution in [0.4, 0.5) is 0 Å². The predicted octanol–water partition coefficient (Wildman–Crippen LogP) is 4.71. The summed E-state index contributed by atoms with van der Waals surface area (Å²) in [7, 11) is 0. The van der Waals surface area contributed by atoms with Crippen molar-refractivity contribution in [1.29, 1.82) is 5.26 Å². The SMILES string of the molecule is CC(=O)Oc1ccc([C@@H]2C3=C(C[C@@H](c4ccccc4)CC3=O)N=C(C)C2C#N)cc1. The number of hydrogen-bond acceptors (Lipinski definition) is 5. The highest BCUT2D eigenvalue weighted by Gasteiger charge is 2.41. The summed E-state index contributed by atoms with van der Waals surface area (Å²) < 4.78 is 5.12. The van der Waals surface area contributed by atoms with E-state index in [9.17, 15) is 14.9 Å². The number of ether oxygens (including phenoxy) is 1. The Bertz CT molecular complexity index is 1090. The molecule has 4 rings (SSSR count). The summed E-state index contributed by atoms with van der Waals surface area (Å²) in [5.41, 5.74) is 4.16. The molecule has 0 bridgehead atoms. The third-order valence-corrected chi connectivity index (χ3v) is 5.80. The molecule has 2 aromatic carbocycles. The molecule has 0 saturated carbocycles. The van der Waals surface area contributed by atoms with Gasteiger partial charge in [-0.1, -0.05) is 42.5 Å². The van der Waals surface area contributed by atoms with E-state index in [0.29, 0.717) is 24.2 Å². The molecule has 0 saturated heterocycles. The highest BCUT2D eigenvalue weighted by molar-refractivity contribution is 6.03. The number of nitriles is 1. The second-order valence-corrected chi connectivity index (χ2v) is 7.80. The topological polar surface area (TPSA) is 79.5 Å². The van der Waals surface area contributed by atoms with Crippen molar-refractivity contribution in [3.05, 3.63) is 77.0 Å². The van der Waals surface area contributed by atoms with Crippen LogP contribution < -0.4 is 4.74 Å². The number of rotatable bonds is 3. The average Bonchev–Trinajstić information content (AvgIpc) is 2.73. The van der Waals surface area contributed by atoms with Gasteiger partial charge in [0.25, 0.3) is 0 Å². The van der Waals surface area contributed by atoms with E-state index in [1.165, 1.54) is 6.92 Å². The minimum atomic E-state index is -0.499. The standard InChI is InChI=1S/C25H22N2O3/c1-15-21(14-26)24(18-8-10-20(11-9-18)30-16(2)28)25-22(27-15)12-19(13-23(25)29)17-6-4-3-5-7-17/h3-11,19,21,24H,12-13H2,1-2H3/t19-,21?,24+/m1/s1. The van der Waals surface area contributed by atoms with E-state index in [-0.39, 0.29) is 17.6 Å². The Kier molecular flexibility index (Phi) is 5.33. The largest absolute Gasteiger partial charge is 0.427 e. The number of nitrogens with zero attached hydrogens (tertiary/aromatic N) is 2. The van der Waals surface area contributed by atoms with Gasteiger partial charge in [-0.2, -0.15) is 5.26 Å². The zero-order valence-corrected chi connectivity index (χ0v) is 17.0. The van der Waals surface area contributed by atoms with Crippen molar-refractivity contribution < 1.29 is 14.3 Å². The van der Waals surface area contributed by atoms with E-state index in [0.717, 1.165) is 22.5 Å². The fourth-order valence-electron chi connectivity index (χ4n) is 4.46. The molecule has 3 atom stereocenters. The van der Waals surface area contributed by atoms with Crippen molar-refractivity contribution in [1.82, 2.24) is 0 Å². The highest BCUT2D eigenvalue weighted by Crippen LogP contribution is 2.46. The molecule has 1 aliphatic heterocycles. The van der Waals surface area contributed by atoms with E-state index in [1.807, 2.05) is 49.4 Å². The van der Waals surface area contributed by atoms with Crippen LogP contribution in [-0.2, 0) is 9.59 Å². The fourth-order valence-corrected chi connectivity index (χ4v) is 4.46. The van der Waals surface area contributed by atoms with Crippen molar-refractivity contribution in [3.63, 3.8) is 0 Å². The summed E-state index contributed by atoms with van der Waals surface area (Å²) in [6.07, 6.45) is 1.10. The second-order valence-electron chi connectivity index (χ2n) is 7.80. The lowest BCUT2D eigenvalue weighted by molar-refractivity contribution is -0.131. The Balaban J connectivity index is 1.73. The van der Waals surface area contributed by atoms with Gasteiger partial charge in [-0.25, -0.2) is 0 Å². The van der Waals surface area contributed by atoms with E-state index in [1.54, 1.807) is 12.1 Å². The van der Waals surface area contributed by atoms with Crippen LogP contribution in [0.15, 0.2) is 70.9 Å². The number of esters is 1. The molecular formula is C25H22N2O3. The number of hydrogen-bond donors (Lipinski definition) is 0. The van der Waals surface area contributed by atoms with Crippen molar-refractivity contribution in [2.24, 2.45) is 10.9 Å². The Morgan fingerprint density at radius 3 is 2.40 bits per heavy atom. The van der Waals surface area contributed by atoms with Crippen LogP contribution >= 0.6 is 0 Å². The van der Waals surface area contributed by atoms with E-state index < -0.39 is 11.9 Å². The van der Waals surface area contributed by atoms with Gasteiger partial charge in [0.05, 0.1) is 12.0 Å². The molecule has 2 aliphatic rings. The molecule has 0 spiro atoms. The van der Waals surface area contributed by atoms with Crippen molar-refractivity contribution >= 4 is 17.5 Å². The van der Waals surface area contributed by atoms with Gasteiger partial charge in [-0.3, -0.25) is 14.6 Å². The third-order valence-electron chi connectivity index (χ3n) is 5.80. The van der Waals surface area contributed by atoms with Gasteiger partial charge in [0.2, 0.25) is 0 Å². The molecule has 150 valence electrons. The van der Waals surface area contributed by atoms with Gasteiger partial charge in [0.15, 0.2) is 5.78 Å². The van der Waals surface area contributed by atoms with Crippen molar-refractivity contribution in [2.45, 2.75) is 38.5 Å². The van der Waals surface area contributed by atoms with Gasteiger partial charge >= 0.3 is 5.97 Å². The number of aliphatic imine (C=N–C) groups is 1. The maximum absolute atomic E-state index is 13.3. The van der Waals surface area contributed by atoms with Crippen LogP contribution in [0.25, 0.3) is 0 Å². The first-order valence-corrected chi connectivity index (χ1v) is 10.0. The van der Waals surface area contributed by atoms with E-state index in [2.05, 4.69) is 6.07 Å². The zero-order chi connectivity index (χ0) is 21.3. The summed E-state index contributed by atoms with van der Waals surface area (Å²) in [6.45, 7) is 3.20. The Labute approximate surface area is 175 Å². The van der Waals surface area contributed by atoms with Crippen LogP contribution in [-0.4, -0.2) is 17.5 Å². The van der Waals surface area contributed by atoms with E-state index in [4.69, 9.17) is 9.73 Å². The quantitative estimate of drug-likeness (QED) is 0.554. The molecule has 5 nitrogen and oxygen atoms in total. The lowest BCUT2D eigenvalue weighted by atomic mass is 9.69. The molecule has 2 aromatic rings. The predicted molar refractivity (Wildman–Crippen MR) is 113 cm³/mol. The Morgan fingerprint density at radius 1 is 1.07 bits per heavy atom. The lowest BCUT2D eigenvalue weighted by Crippen LogP contribution is -2.32. The van der Waals surface area contributed by atoms with Crippen LogP contribution in [0.5, 0.6) is 5.75 Å². The summed E-state index contributed by atoms with van der Waals surface area (Å²) in [5.74, 6) is -0.666. The number of ketones is 1. The minimum Gasteiger partial charge on any atom is -0.427 e. The molecular weight excluding hydrogens is 376 g/mol. The molecule has 0 aromatic heterocycles. The number of carbonyl (C=O) groups is 2. The maximum atomic E-state index is 13.3. The molecule has 1 heterocycles. The molecule has 1 aliphatic carbocycles. The molecule has 0 fully saturated rings. The summed E-state index contributed by atoms with van der Waals surface area (Å²) in [6, 6.07) is 19.4. The lowest BCUT2D eigenvalue weighted by Gasteiger charge is -2.35. The molecule has 0 N–H and O–H groups in total. The first-order valence-electron chi connectivity index (χ1n) is 10.0. The van der Waals surface area contributed by atoms with Crippen molar-refractivity contribution in [3.8, 4) is 11.8 Å². The fraction of sp³-hybridized carbons (Fsp3) is 0.280. The average molecular weight is 398 g/mol. The van der Waals surface area contributed by atoms with E-state index >= 15 is 0 Å². The van der Waals surface area contributed by atoms with Crippen LogP contribution in [0.3, 0.4) is 0 Å². The van der Waals surface area contributed by atoms with Gasteiger partial charge in [0, 0.05) is 36.2 Å². The number of allylic oxidation sites excluding steroid dienone is 2. The van der Waals surface area contributed by atoms with Crippen LogP contribution in [0.1, 0.15) is 49.7 Å². The normalized spacial score (nSPS) is 23.3. The Morgan fingerprint density at radius 2 is 1.77 bits per heavy atom. The van der Waals surface area contributed by atoms with Gasteiger partial charge in [-0.15, -0.1) is 0 Å². The smallest absolute Gasteiger partial charge is 0.308 e. The van der Waals surface area contributed by atoms with Gasteiger partial charge < -0.3 is 4.74 Å². The Hall–Kier alpha value is -3.52. The molecule has 30 heavy (non-hydrogen) atoms. The van der Waals surface area contributed by atoms with Crippen molar-refractivity contribution in [2.75, 3.05) is 0 Å². The van der Waals surface area contributed by atoms with Gasteiger partial charge in [0.1, 0.15) is 5.75 Å². The molecule has 5 heteroatoms. The molecule has 0 amide bonds. The number of carbonyl (C=O) groups excluding carboxylic acids is 2. The number of benzene rings is 2. The summed E-state index contributed by atoms with van der Waals surface area (Å²) >= 11 is 0.